The fourth-order valence-electron chi connectivity index (χ4n) is 2.46. The second-order valence-corrected chi connectivity index (χ2v) is 4.55. The van der Waals surface area contributed by atoms with Crippen molar-refractivity contribution in [2.45, 2.75) is 31.4 Å². The molecule has 4 nitrogen and oxygen atoms in total. The van der Waals surface area contributed by atoms with Crippen LogP contribution in [-0.2, 0) is 9.53 Å². The summed E-state index contributed by atoms with van der Waals surface area (Å²) < 4.78 is 5.75. The summed E-state index contributed by atoms with van der Waals surface area (Å²) in [7, 11) is 0. The Labute approximate surface area is 96.6 Å². The highest BCUT2D eigenvalue weighted by Gasteiger charge is 2.30. The number of carbonyl (C=O) groups is 1. The number of hydrogen-bond acceptors (Lipinski definition) is 3. The van der Waals surface area contributed by atoms with E-state index in [-0.39, 0.29) is 12.0 Å². The van der Waals surface area contributed by atoms with Crippen LogP contribution < -0.4 is 5.32 Å². The van der Waals surface area contributed by atoms with Crippen molar-refractivity contribution in [2.24, 2.45) is 0 Å². The van der Waals surface area contributed by atoms with Crippen LogP contribution >= 0.6 is 0 Å². The van der Waals surface area contributed by atoms with Crippen LogP contribution in [0.2, 0.25) is 0 Å². The average molecular weight is 224 g/mol. The van der Waals surface area contributed by atoms with E-state index in [0.717, 1.165) is 13.2 Å². The molecule has 90 valence electrons. The summed E-state index contributed by atoms with van der Waals surface area (Å²) in [5.74, 6) is -0.121. The van der Waals surface area contributed by atoms with Gasteiger partial charge in [-0.2, -0.15) is 0 Å². The van der Waals surface area contributed by atoms with Gasteiger partial charge >= 0.3 is 0 Å². The molecule has 1 N–H and O–H groups in total. The molecular formula is C12H20N2O2. The molecular weight excluding hydrogens is 204 g/mol. The van der Waals surface area contributed by atoms with Gasteiger partial charge in [0, 0.05) is 19.1 Å². The molecule has 2 rings (SSSR count). The Hall–Kier alpha value is -0.870. The fourth-order valence-corrected chi connectivity index (χ4v) is 2.46. The van der Waals surface area contributed by atoms with E-state index in [4.69, 9.17) is 4.74 Å². The van der Waals surface area contributed by atoms with Crippen LogP contribution in [0.3, 0.4) is 0 Å². The van der Waals surface area contributed by atoms with Crippen molar-refractivity contribution in [1.82, 2.24) is 10.2 Å². The maximum atomic E-state index is 11.0. The van der Waals surface area contributed by atoms with Crippen LogP contribution in [0.5, 0.6) is 0 Å². The molecule has 0 saturated carbocycles. The van der Waals surface area contributed by atoms with Gasteiger partial charge in [-0.1, -0.05) is 13.0 Å². The second-order valence-electron chi connectivity index (χ2n) is 4.55. The molecule has 16 heavy (non-hydrogen) atoms. The summed E-state index contributed by atoms with van der Waals surface area (Å²) >= 11 is 0. The topological polar surface area (TPSA) is 41.6 Å². The third-order valence-corrected chi connectivity index (χ3v) is 3.40. The van der Waals surface area contributed by atoms with Crippen molar-refractivity contribution >= 4 is 5.91 Å². The third-order valence-electron chi connectivity index (χ3n) is 3.40. The van der Waals surface area contributed by atoms with Gasteiger partial charge in [-0.15, -0.1) is 0 Å². The molecule has 0 aromatic heterocycles. The average Bonchev–Trinajstić information content (AvgIpc) is 2.35. The first-order chi connectivity index (χ1) is 7.79. The Balaban J connectivity index is 1.76. The first kappa shape index (κ1) is 11.6. The summed E-state index contributed by atoms with van der Waals surface area (Å²) in [4.78, 5) is 13.5. The minimum absolute atomic E-state index is 0.121. The molecule has 2 fully saturated rings. The quantitative estimate of drug-likeness (QED) is 0.712. The van der Waals surface area contributed by atoms with E-state index in [9.17, 15) is 4.79 Å². The molecule has 2 aliphatic rings. The number of amides is 1. The molecule has 2 atom stereocenters. The van der Waals surface area contributed by atoms with Crippen molar-refractivity contribution in [1.29, 1.82) is 0 Å². The molecule has 0 aliphatic carbocycles. The number of hydrogen-bond donors (Lipinski definition) is 1. The first-order valence-electron chi connectivity index (χ1n) is 6.05. The predicted octanol–water partition coefficient (Wildman–Crippen LogP) is 0.542. The lowest BCUT2D eigenvalue weighted by Gasteiger charge is -2.42. The number of nitrogens with zero attached hydrogens (tertiary/aromatic N) is 1. The SMILES string of the molecule is C=CC(=O)NCC1CN2CCCCC2CO1. The molecule has 0 spiro atoms. The van der Waals surface area contributed by atoms with Gasteiger partial charge in [0.25, 0.3) is 0 Å². The van der Waals surface area contributed by atoms with E-state index in [0.29, 0.717) is 12.6 Å². The van der Waals surface area contributed by atoms with Gasteiger partial charge in [-0.3, -0.25) is 9.69 Å². The number of fused-ring (bicyclic) bond motifs is 1. The molecule has 0 radical (unpaired) electrons. The zero-order valence-corrected chi connectivity index (χ0v) is 9.65. The van der Waals surface area contributed by atoms with Crippen LogP contribution in [0.1, 0.15) is 19.3 Å². The van der Waals surface area contributed by atoms with Crippen molar-refractivity contribution < 1.29 is 9.53 Å². The fraction of sp³-hybridized carbons (Fsp3) is 0.750. The number of piperidine rings is 1. The normalized spacial score (nSPS) is 30.5. The van der Waals surface area contributed by atoms with Gasteiger partial charge in [0.2, 0.25) is 5.91 Å². The molecule has 4 heteroatoms. The lowest BCUT2D eigenvalue weighted by Crippen LogP contribution is -2.54. The van der Waals surface area contributed by atoms with Gasteiger partial charge in [0.05, 0.1) is 12.7 Å². The van der Waals surface area contributed by atoms with Crippen molar-refractivity contribution in [2.75, 3.05) is 26.2 Å². The number of morpholine rings is 1. The Morgan fingerprint density at radius 1 is 1.56 bits per heavy atom. The predicted molar refractivity (Wildman–Crippen MR) is 62.2 cm³/mol. The smallest absolute Gasteiger partial charge is 0.243 e. The Morgan fingerprint density at radius 3 is 3.25 bits per heavy atom. The Morgan fingerprint density at radius 2 is 2.44 bits per heavy atom. The van der Waals surface area contributed by atoms with E-state index in [2.05, 4.69) is 16.8 Å². The monoisotopic (exact) mass is 224 g/mol. The standard InChI is InChI=1S/C12H20N2O2/c1-2-12(15)13-7-11-8-14-6-4-3-5-10(14)9-16-11/h2,10-11H,1,3-9H2,(H,13,15). The van der Waals surface area contributed by atoms with E-state index >= 15 is 0 Å². The van der Waals surface area contributed by atoms with Gasteiger partial charge in [0.15, 0.2) is 0 Å². The lowest BCUT2D eigenvalue weighted by molar-refractivity contribution is -0.118. The molecule has 2 saturated heterocycles. The largest absolute Gasteiger partial charge is 0.373 e. The van der Waals surface area contributed by atoms with Crippen molar-refractivity contribution in [3.05, 3.63) is 12.7 Å². The summed E-state index contributed by atoms with van der Waals surface area (Å²) in [6.07, 6.45) is 5.31. The van der Waals surface area contributed by atoms with Crippen LogP contribution in [0.25, 0.3) is 0 Å². The Bertz CT molecular complexity index is 268. The van der Waals surface area contributed by atoms with Gasteiger partial charge < -0.3 is 10.1 Å². The summed E-state index contributed by atoms with van der Waals surface area (Å²) in [5.41, 5.74) is 0. The highest BCUT2D eigenvalue weighted by Crippen LogP contribution is 2.21. The van der Waals surface area contributed by atoms with E-state index in [1.54, 1.807) is 0 Å². The van der Waals surface area contributed by atoms with Crippen LogP contribution in [0.15, 0.2) is 12.7 Å². The van der Waals surface area contributed by atoms with Crippen molar-refractivity contribution in [3.63, 3.8) is 0 Å². The van der Waals surface area contributed by atoms with Gasteiger partial charge in [0.1, 0.15) is 0 Å². The first-order valence-corrected chi connectivity index (χ1v) is 6.05. The number of nitrogens with one attached hydrogen (secondary N) is 1. The van der Waals surface area contributed by atoms with Crippen LogP contribution in [0, 0.1) is 0 Å². The van der Waals surface area contributed by atoms with E-state index < -0.39 is 0 Å². The van der Waals surface area contributed by atoms with E-state index in [1.165, 1.54) is 31.9 Å². The summed E-state index contributed by atoms with van der Waals surface area (Å²) in [6.45, 7) is 6.96. The van der Waals surface area contributed by atoms with Crippen molar-refractivity contribution in [3.8, 4) is 0 Å². The minimum atomic E-state index is -0.121. The second kappa shape index (κ2) is 5.46. The Kier molecular flexibility index (Phi) is 3.96. The molecule has 1 amide bonds. The molecule has 0 aromatic rings. The highest BCUT2D eigenvalue weighted by molar-refractivity contribution is 5.86. The maximum absolute atomic E-state index is 11.0. The van der Waals surface area contributed by atoms with E-state index in [1.807, 2.05) is 0 Å². The zero-order valence-electron chi connectivity index (χ0n) is 9.65. The summed E-state index contributed by atoms with van der Waals surface area (Å²) in [5, 5.41) is 2.79. The number of carbonyl (C=O) groups excluding carboxylic acids is 1. The zero-order chi connectivity index (χ0) is 11.4. The lowest BCUT2D eigenvalue weighted by atomic mass is 10.0. The molecule has 2 unspecified atom stereocenters. The van der Waals surface area contributed by atoms with Crippen LogP contribution in [-0.4, -0.2) is 49.2 Å². The van der Waals surface area contributed by atoms with Crippen LogP contribution in [0.4, 0.5) is 0 Å². The molecule has 0 bridgehead atoms. The number of ether oxygens (including phenoxy) is 1. The van der Waals surface area contributed by atoms with Gasteiger partial charge in [-0.25, -0.2) is 0 Å². The molecule has 2 aliphatic heterocycles. The van der Waals surface area contributed by atoms with Gasteiger partial charge in [-0.05, 0) is 25.5 Å². The number of rotatable bonds is 3. The maximum Gasteiger partial charge on any atom is 0.243 e. The third kappa shape index (κ3) is 2.83. The molecule has 2 heterocycles. The highest BCUT2D eigenvalue weighted by atomic mass is 16.5. The summed E-state index contributed by atoms with van der Waals surface area (Å²) in [6, 6.07) is 0.611. The molecule has 0 aromatic carbocycles. The minimum Gasteiger partial charge on any atom is -0.373 e.